The van der Waals surface area contributed by atoms with Gasteiger partial charge >= 0.3 is 18.2 Å². The van der Waals surface area contributed by atoms with Crippen LogP contribution in [0, 0.1) is 0 Å². The smallest absolute Gasteiger partial charge is 0.416 e. The van der Waals surface area contributed by atoms with Crippen molar-refractivity contribution in [3.05, 3.63) is 76.5 Å². The van der Waals surface area contributed by atoms with Crippen LogP contribution in [0.4, 0.5) is 23.7 Å². The Morgan fingerprint density at radius 2 is 1.77 bits per heavy atom. The van der Waals surface area contributed by atoms with Gasteiger partial charge in [0.05, 0.1) is 30.0 Å². The lowest BCUT2D eigenvalue weighted by molar-refractivity contribution is -0.138. The van der Waals surface area contributed by atoms with Gasteiger partial charge in [-0.1, -0.05) is 18.2 Å². The number of hydrogen-bond donors (Lipinski definition) is 2. The molecule has 0 spiro atoms. The van der Waals surface area contributed by atoms with Gasteiger partial charge in [0.25, 0.3) is 0 Å². The van der Waals surface area contributed by atoms with Crippen LogP contribution >= 0.6 is 0 Å². The van der Waals surface area contributed by atoms with Crippen LogP contribution in [-0.4, -0.2) is 25.0 Å². The number of carbonyl (C=O) groups is 3. The molecule has 10 heteroatoms. The summed E-state index contributed by atoms with van der Waals surface area (Å²) in [5.41, 5.74) is 5.07. The summed E-state index contributed by atoms with van der Waals surface area (Å²) < 4.78 is 44.2. The molecule has 2 aromatic rings. The first-order valence-corrected chi connectivity index (χ1v) is 9.01. The number of nitrogens with one attached hydrogen (secondary N) is 1. The number of rotatable bonds is 4. The summed E-state index contributed by atoms with van der Waals surface area (Å²) in [6.45, 7) is 1.44. The molecule has 2 aromatic carbocycles. The van der Waals surface area contributed by atoms with Crippen molar-refractivity contribution < 1.29 is 32.3 Å². The summed E-state index contributed by atoms with van der Waals surface area (Å²) in [7, 11) is 1.15. The minimum atomic E-state index is -4.60. The van der Waals surface area contributed by atoms with Gasteiger partial charge in [-0.15, -0.1) is 0 Å². The molecule has 162 valence electrons. The van der Waals surface area contributed by atoms with Crippen molar-refractivity contribution in [2.24, 2.45) is 5.73 Å². The molecule has 1 unspecified atom stereocenters. The maximum absolute atomic E-state index is 13.1. The Morgan fingerprint density at radius 1 is 1.13 bits per heavy atom. The summed E-state index contributed by atoms with van der Waals surface area (Å²) in [6, 6.07) is 8.44. The van der Waals surface area contributed by atoms with Crippen LogP contribution in [0.1, 0.15) is 34.5 Å². The number of nitrogens with two attached hydrogens (primary N) is 1. The minimum Gasteiger partial charge on any atom is -0.466 e. The Hall–Kier alpha value is -3.82. The van der Waals surface area contributed by atoms with Crippen LogP contribution in [0.5, 0.6) is 0 Å². The van der Waals surface area contributed by atoms with Gasteiger partial charge in [0.15, 0.2) is 0 Å². The molecule has 3 N–H and O–H groups in total. The number of primary amides is 1. The third-order valence-corrected chi connectivity index (χ3v) is 4.85. The van der Waals surface area contributed by atoms with E-state index in [1.165, 1.54) is 43.3 Å². The summed E-state index contributed by atoms with van der Waals surface area (Å²) in [4.78, 5) is 37.7. The molecule has 0 saturated heterocycles. The Kier molecular flexibility index (Phi) is 5.74. The van der Waals surface area contributed by atoms with Gasteiger partial charge in [0.2, 0.25) is 5.91 Å². The average molecular weight is 433 g/mol. The number of benzene rings is 2. The first-order chi connectivity index (χ1) is 14.5. The molecule has 1 heterocycles. The highest BCUT2D eigenvalue weighted by Crippen LogP contribution is 2.36. The zero-order chi connectivity index (χ0) is 22.9. The van der Waals surface area contributed by atoms with Gasteiger partial charge in [-0.3, -0.25) is 9.69 Å². The summed E-state index contributed by atoms with van der Waals surface area (Å²) in [5.74, 6) is -1.41. The molecule has 1 aliphatic rings. The molecule has 0 aromatic heterocycles. The maximum Gasteiger partial charge on any atom is 0.416 e. The molecule has 0 radical (unpaired) electrons. The number of hydrogen-bond acceptors (Lipinski definition) is 4. The molecule has 1 aliphatic heterocycles. The average Bonchev–Trinajstić information content (AvgIpc) is 2.72. The monoisotopic (exact) mass is 433 g/mol. The van der Waals surface area contributed by atoms with E-state index in [9.17, 15) is 27.6 Å². The second-order valence-corrected chi connectivity index (χ2v) is 6.74. The minimum absolute atomic E-state index is 0.0336. The molecule has 0 aliphatic carbocycles. The van der Waals surface area contributed by atoms with E-state index in [1.807, 2.05) is 0 Å². The number of ether oxygens (including phenoxy) is 1. The number of anilines is 1. The number of urea groups is 1. The lowest BCUT2D eigenvalue weighted by Gasteiger charge is -2.35. The second kappa shape index (κ2) is 8.13. The number of alkyl halides is 3. The van der Waals surface area contributed by atoms with Gasteiger partial charge < -0.3 is 15.8 Å². The van der Waals surface area contributed by atoms with Crippen molar-refractivity contribution in [2.45, 2.75) is 19.1 Å². The van der Waals surface area contributed by atoms with Gasteiger partial charge in [-0.05, 0) is 42.8 Å². The van der Waals surface area contributed by atoms with E-state index in [-0.39, 0.29) is 22.5 Å². The van der Waals surface area contributed by atoms with Crippen LogP contribution in [0.15, 0.2) is 59.8 Å². The highest BCUT2D eigenvalue weighted by molar-refractivity contribution is 6.03. The van der Waals surface area contributed by atoms with Crippen molar-refractivity contribution in [2.75, 3.05) is 12.0 Å². The number of allylic oxidation sites excluding steroid dienone is 1. The van der Waals surface area contributed by atoms with E-state index in [0.717, 1.165) is 24.1 Å². The molecule has 3 amide bonds. The van der Waals surface area contributed by atoms with Crippen molar-refractivity contribution in [1.29, 1.82) is 0 Å². The molecule has 7 nitrogen and oxygen atoms in total. The fourth-order valence-corrected chi connectivity index (χ4v) is 3.34. The van der Waals surface area contributed by atoms with Gasteiger partial charge in [0, 0.05) is 11.3 Å². The number of carbonyl (C=O) groups excluding carboxylic acids is 3. The number of nitrogens with zero attached hydrogens (tertiary/aromatic N) is 1. The van der Waals surface area contributed by atoms with E-state index < -0.39 is 35.7 Å². The zero-order valence-corrected chi connectivity index (χ0v) is 16.5. The first kappa shape index (κ1) is 21.9. The first-order valence-electron chi connectivity index (χ1n) is 9.01. The van der Waals surface area contributed by atoms with Crippen molar-refractivity contribution >= 4 is 23.6 Å². The lowest BCUT2D eigenvalue weighted by atomic mass is 9.94. The summed E-state index contributed by atoms with van der Waals surface area (Å²) in [5, 5.41) is 2.61. The van der Waals surface area contributed by atoms with Crippen LogP contribution in [-0.2, 0) is 15.7 Å². The Labute approximate surface area is 175 Å². The molecule has 0 saturated carbocycles. The second-order valence-electron chi connectivity index (χ2n) is 6.74. The fraction of sp³-hybridized carbons (Fsp3) is 0.190. The Morgan fingerprint density at radius 3 is 2.32 bits per heavy atom. The quantitative estimate of drug-likeness (QED) is 0.721. The molecular weight excluding hydrogens is 415 g/mol. The highest BCUT2D eigenvalue weighted by atomic mass is 19.4. The Balaban J connectivity index is 2.11. The van der Waals surface area contributed by atoms with E-state index >= 15 is 0 Å². The topological polar surface area (TPSA) is 102 Å². The summed E-state index contributed by atoms with van der Waals surface area (Å²) in [6.07, 6.45) is -4.60. The van der Waals surface area contributed by atoms with Crippen molar-refractivity contribution in [3.8, 4) is 0 Å². The normalized spacial score (nSPS) is 16.7. The van der Waals surface area contributed by atoms with Crippen LogP contribution in [0.3, 0.4) is 0 Å². The van der Waals surface area contributed by atoms with Crippen molar-refractivity contribution in [3.63, 3.8) is 0 Å². The predicted octanol–water partition coefficient (Wildman–Crippen LogP) is 3.52. The van der Waals surface area contributed by atoms with E-state index in [2.05, 4.69) is 5.32 Å². The third kappa shape index (κ3) is 4.23. The van der Waals surface area contributed by atoms with E-state index in [4.69, 9.17) is 10.5 Å². The van der Waals surface area contributed by atoms with E-state index in [0.29, 0.717) is 5.56 Å². The SMILES string of the molecule is COC(=O)C1=C(C)N(c2cccc(C(F)(F)F)c2)C(=O)NC1c1ccc(C(N)=O)cc1. The highest BCUT2D eigenvalue weighted by Gasteiger charge is 2.38. The van der Waals surface area contributed by atoms with Crippen molar-refractivity contribution in [1.82, 2.24) is 5.32 Å². The molecule has 0 fully saturated rings. The summed E-state index contributed by atoms with van der Waals surface area (Å²) >= 11 is 0. The maximum atomic E-state index is 13.1. The molecule has 3 rings (SSSR count). The predicted molar refractivity (Wildman–Crippen MR) is 105 cm³/mol. The molecular formula is C21H18F3N3O4. The standard InChI is InChI=1S/C21H18F3N3O4/c1-11-16(19(29)31-2)17(12-6-8-13(9-7-12)18(25)28)26-20(30)27(11)15-5-3-4-14(10-15)21(22,23)24/h3-10,17H,1-2H3,(H2,25,28)(H,26,30). The van der Waals surface area contributed by atoms with Crippen LogP contribution in [0.25, 0.3) is 0 Å². The Bertz CT molecular complexity index is 1080. The van der Waals surface area contributed by atoms with Crippen LogP contribution in [0.2, 0.25) is 0 Å². The molecule has 1 atom stereocenters. The largest absolute Gasteiger partial charge is 0.466 e. The third-order valence-electron chi connectivity index (χ3n) is 4.85. The number of halogens is 3. The number of amides is 3. The lowest BCUT2D eigenvalue weighted by Crippen LogP contribution is -2.48. The molecule has 0 bridgehead atoms. The number of methoxy groups -OCH3 is 1. The molecule has 31 heavy (non-hydrogen) atoms. The van der Waals surface area contributed by atoms with Gasteiger partial charge in [0.1, 0.15) is 0 Å². The number of esters is 1. The zero-order valence-electron chi connectivity index (χ0n) is 16.5. The van der Waals surface area contributed by atoms with Crippen LogP contribution < -0.4 is 16.0 Å². The van der Waals surface area contributed by atoms with E-state index in [1.54, 1.807) is 0 Å². The van der Waals surface area contributed by atoms with Gasteiger partial charge in [-0.2, -0.15) is 13.2 Å². The van der Waals surface area contributed by atoms with Gasteiger partial charge in [-0.25, -0.2) is 9.59 Å². The fourth-order valence-electron chi connectivity index (χ4n) is 3.34.